The number of amides is 1. The van der Waals surface area contributed by atoms with E-state index in [4.69, 9.17) is 10.7 Å². The van der Waals surface area contributed by atoms with E-state index in [0.717, 1.165) is 59.6 Å². The fraction of sp³-hybridized carbons (Fsp3) is 0.423. The van der Waals surface area contributed by atoms with Crippen molar-refractivity contribution in [1.29, 1.82) is 10.7 Å². The quantitative estimate of drug-likeness (QED) is 0.248. The molecule has 3 rings (SSSR count). The molecular weight excluding hydrogens is 398 g/mol. The largest absolute Gasteiger partial charge is 0.383 e. The first-order chi connectivity index (χ1) is 15.6. The molecule has 0 aromatic heterocycles. The normalized spacial score (nSPS) is 13.1. The van der Waals surface area contributed by atoms with Gasteiger partial charge in [-0.3, -0.25) is 4.79 Å². The van der Waals surface area contributed by atoms with Crippen LogP contribution in [0.1, 0.15) is 58.9 Å². The van der Waals surface area contributed by atoms with Gasteiger partial charge in [0.15, 0.2) is 0 Å². The van der Waals surface area contributed by atoms with E-state index in [2.05, 4.69) is 35.0 Å². The van der Waals surface area contributed by atoms with E-state index >= 15 is 0 Å². The van der Waals surface area contributed by atoms with Gasteiger partial charge < -0.3 is 21.4 Å². The van der Waals surface area contributed by atoms with Crippen LogP contribution < -0.4 is 16.0 Å². The molecule has 0 aliphatic heterocycles. The minimum absolute atomic E-state index is 0.00787. The molecule has 0 spiro atoms. The summed E-state index contributed by atoms with van der Waals surface area (Å²) in [4.78, 5) is 11.1. The highest BCUT2D eigenvalue weighted by molar-refractivity contribution is 6.07. The Morgan fingerprint density at radius 1 is 1.25 bits per heavy atom. The van der Waals surface area contributed by atoms with Crippen molar-refractivity contribution >= 4 is 29.2 Å². The highest BCUT2D eigenvalue weighted by Crippen LogP contribution is 2.39. The second-order valence-electron chi connectivity index (χ2n) is 7.77. The zero-order chi connectivity index (χ0) is 23.5. The van der Waals surface area contributed by atoms with Crippen molar-refractivity contribution < 1.29 is 4.79 Å². The van der Waals surface area contributed by atoms with Gasteiger partial charge in [0.2, 0.25) is 6.41 Å². The zero-order valence-corrected chi connectivity index (χ0v) is 19.6. The number of benzene rings is 2. The van der Waals surface area contributed by atoms with Crippen molar-refractivity contribution in [2.24, 2.45) is 5.92 Å². The molecule has 1 aliphatic carbocycles. The van der Waals surface area contributed by atoms with Gasteiger partial charge in [0, 0.05) is 41.0 Å². The Balaban J connectivity index is 0.00000176. The summed E-state index contributed by atoms with van der Waals surface area (Å²) < 4.78 is 0. The standard InChI is InChI=1S/C24H29N5O.C2H6/c1-3-13-27-24-19(5-4-6-22(24)28-15-30)18-9-10-21(29-16(2)11-12-25)20(14-18)23(26)17-7-8-17;1-2/h4-6,9-10,14-17,26-27,29H,3,7-8,11,13H2,1-2H3,(H,28,30);1-2H3. The van der Waals surface area contributed by atoms with E-state index < -0.39 is 0 Å². The summed E-state index contributed by atoms with van der Waals surface area (Å²) in [7, 11) is 0. The first-order valence-corrected chi connectivity index (χ1v) is 11.5. The Labute approximate surface area is 191 Å². The predicted octanol–water partition coefficient (Wildman–Crippen LogP) is 6.26. The van der Waals surface area contributed by atoms with E-state index in [1.54, 1.807) is 0 Å². The summed E-state index contributed by atoms with van der Waals surface area (Å²) in [6.45, 7) is 8.87. The summed E-state index contributed by atoms with van der Waals surface area (Å²) in [5.74, 6) is 0.313. The number of nitrogens with one attached hydrogen (secondary N) is 4. The molecule has 170 valence electrons. The zero-order valence-electron chi connectivity index (χ0n) is 19.6. The molecule has 1 aliphatic rings. The summed E-state index contributed by atoms with van der Waals surface area (Å²) >= 11 is 0. The second-order valence-corrected chi connectivity index (χ2v) is 7.77. The molecule has 6 heteroatoms. The van der Waals surface area contributed by atoms with Gasteiger partial charge in [-0.25, -0.2) is 0 Å². The van der Waals surface area contributed by atoms with E-state index in [1.165, 1.54) is 0 Å². The van der Waals surface area contributed by atoms with Gasteiger partial charge in [0.1, 0.15) is 0 Å². The molecule has 4 N–H and O–H groups in total. The topological polar surface area (TPSA) is 101 Å². The van der Waals surface area contributed by atoms with Crippen LogP contribution in [-0.2, 0) is 4.79 Å². The number of hydrogen-bond donors (Lipinski definition) is 4. The Kier molecular flexibility index (Phi) is 9.75. The second kappa shape index (κ2) is 12.5. The number of carbonyl (C=O) groups is 1. The Bertz CT molecular complexity index is 959. The first kappa shape index (κ1) is 24.9. The number of para-hydroxylation sites is 1. The van der Waals surface area contributed by atoms with Gasteiger partial charge in [0.25, 0.3) is 0 Å². The Morgan fingerprint density at radius 2 is 2.00 bits per heavy atom. The molecule has 2 aromatic carbocycles. The minimum atomic E-state index is 0.00787. The SMILES string of the molecule is CC.CCCNc1c(NC=O)cccc1-c1ccc(NC(C)CC#N)c(C(=N)C2CC2)c1. The van der Waals surface area contributed by atoms with E-state index in [1.807, 2.05) is 51.1 Å². The van der Waals surface area contributed by atoms with Crippen LogP contribution in [0.2, 0.25) is 0 Å². The van der Waals surface area contributed by atoms with Gasteiger partial charge >= 0.3 is 0 Å². The molecule has 1 fully saturated rings. The lowest BCUT2D eigenvalue weighted by molar-refractivity contribution is -0.105. The minimum Gasteiger partial charge on any atom is -0.383 e. The first-order valence-electron chi connectivity index (χ1n) is 11.5. The molecule has 1 saturated carbocycles. The molecule has 0 heterocycles. The van der Waals surface area contributed by atoms with E-state index in [-0.39, 0.29) is 6.04 Å². The summed E-state index contributed by atoms with van der Waals surface area (Å²) in [6, 6.07) is 14.1. The maximum absolute atomic E-state index is 11.1. The lowest BCUT2D eigenvalue weighted by atomic mass is 9.95. The van der Waals surface area contributed by atoms with Gasteiger partial charge in [0.05, 0.1) is 23.9 Å². The van der Waals surface area contributed by atoms with E-state index in [0.29, 0.717) is 24.5 Å². The fourth-order valence-electron chi connectivity index (χ4n) is 3.52. The van der Waals surface area contributed by atoms with Crippen molar-refractivity contribution in [3.63, 3.8) is 0 Å². The fourth-order valence-corrected chi connectivity index (χ4v) is 3.52. The van der Waals surface area contributed by atoms with Crippen molar-refractivity contribution in [3.05, 3.63) is 42.0 Å². The van der Waals surface area contributed by atoms with Crippen LogP contribution in [0.4, 0.5) is 17.1 Å². The predicted molar refractivity (Wildman–Crippen MR) is 135 cm³/mol. The van der Waals surface area contributed by atoms with Crippen LogP contribution in [-0.4, -0.2) is 24.7 Å². The van der Waals surface area contributed by atoms with Crippen molar-refractivity contribution in [2.75, 3.05) is 22.5 Å². The number of nitriles is 1. The van der Waals surface area contributed by atoms with Crippen LogP contribution in [0, 0.1) is 22.7 Å². The van der Waals surface area contributed by atoms with Crippen LogP contribution in [0.25, 0.3) is 11.1 Å². The van der Waals surface area contributed by atoms with Crippen LogP contribution in [0.15, 0.2) is 36.4 Å². The third kappa shape index (κ3) is 6.34. The third-order valence-corrected chi connectivity index (χ3v) is 5.24. The van der Waals surface area contributed by atoms with Gasteiger partial charge in [-0.15, -0.1) is 0 Å². The lowest BCUT2D eigenvalue weighted by Crippen LogP contribution is -2.17. The highest BCUT2D eigenvalue weighted by atomic mass is 16.1. The summed E-state index contributed by atoms with van der Waals surface area (Å²) in [5.41, 5.74) is 6.01. The van der Waals surface area contributed by atoms with Crippen LogP contribution in [0.5, 0.6) is 0 Å². The number of nitrogens with zero attached hydrogens (tertiary/aromatic N) is 1. The number of hydrogen-bond acceptors (Lipinski definition) is 5. The molecule has 0 bridgehead atoms. The molecular formula is C26H35N5O. The average Bonchev–Trinajstić information content (AvgIpc) is 3.65. The Morgan fingerprint density at radius 3 is 2.62 bits per heavy atom. The van der Waals surface area contributed by atoms with Gasteiger partial charge in [-0.2, -0.15) is 5.26 Å². The maximum atomic E-state index is 11.1. The summed E-state index contributed by atoms with van der Waals surface area (Å²) in [5, 5.41) is 27.3. The highest BCUT2D eigenvalue weighted by Gasteiger charge is 2.29. The monoisotopic (exact) mass is 433 g/mol. The number of rotatable bonds is 11. The molecule has 6 nitrogen and oxygen atoms in total. The smallest absolute Gasteiger partial charge is 0.211 e. The van der Waals surface area contributed by atoms with Crippen molar-refractivity contribution in [1.82, 2.24) is 0 Å². The molecule has 0 radical (unpaired) electrons. The molecule has 1 amide bonds. The molecule has 1 unspecified atom stereocenters. The Hall–Kier alpha value is -3.33. The molecule has 2 aromatic rings. The molecule has 0 saturated heterocycles. The van der Waals surface area contributed by atoms with Gasteiger partial charge in [-0.05, 0) is 49.9 Å². The summed E-state index contributed by atoms with van der Waals surface area (Å²) in [6.07, 6.45) is 4.17. The number of anilines is 3. The third-order valence-electron chi connectivity index (χ3n) is 5.24. The maximum Gasteiger partial charge on any atom is 0.211 e. The van der Waals surface area contributed by atoms with Crippen molar-refractivity contribution in [3.8, 4) is 17.2 Å². The van der Waals surface area contributed by atoms with Crippen LogP contribution in [0.3, 0.4) is 0 Å². The van der Waals surface area contributed by atoms with Crippen LogP contribution >= 0.6 is 0 Å². The lowest BCUT2D eigenvalue weighted by Gasteiger charge is -2.20. The van der Waals surface area contributed by atoms with Crippen molar-refractivity contribution in [2.45, 2.75) is 59.4 Å². The average molecular weight is 434 g/mol. The molecule has 1 atom stereocenters. The number of carbonyl (C=O) groups excluding carboxylic acids is 1. The van der Waals surface area contributed by atoms with E-state index in [9.17, 15) is 4.79 Å². The van der Waals surface area contributed by atoms with Gasteiger partial charge in [-0.1, -0.05) is 39.0 Å². The molecule has 32 heavy (non-hydrogen) atoms.